The first-order chi connectivity index (χ1) is 24.8. The van der Waals surface area contributed by atoms with E-state index in [0.717, 1.165) is 37.7 Å². The number of ether oxygens (including phenoxy) is 1. The van der Waals surface area contributed by atoms with E-state index in [9.17, 15) is 19.7 Å². The van der Waals surface area contributed by atoms with Gasteiger partial charge >= 0.3 is 0 Å². The summed E-state index contributed by atoms with van der Waals surface area (Å²) in [6.07, 6.45) is 0. The van der Waals surface area contributed by atoms with E-state index >= 15 is 0 Å². The molecule has 4 aromatic carbocycles. The molecule has 12 nitrogen and oxygen atoms in total. The summed E-state index contributed by atoms with van der Waals surface area (Å²) in [4.78, 5) is 54.3. The second kappa shape index (κ2) is 13.3. The van der Waals surface area contributed by atoms with E-state index in [4.69, 9.17) is 9.72 Å². The van der Waals surface area contributed by atoms with Gasteiger partial charge in [-0.3, -0.25) is 19.7 Å². The number of aromatic amines is 2. The molecule has 8 rings (SSSR count). The number of nitro benzene ring substituents is 1. The highest BCUT2D eigenvalue weighted by molar-refractivity contribution is 7.13. The second-order valence-electron chi connectivity index (χ2n) is 11.5. The Balaban J connectivity index is 0.898. The zero-order valence-corrected chi connectivity index (χ0v) is 28.0. The number of aromatic nitrogens is 4. The molecule has 0 aliphatic rings. The Hall–Kier alpha value is -6.64. The number of rotatable bonds is 10. The van der Waals surface area contributed by atoms with Crippen molar-refractivity contribution < 1.29 is 19.2 Å². The van der Waals surface area contributed by atoms with Gasteiger partial charge in [-0.2, -0.15) is 0 Å². The minimum atomic E-state index is -0.539. The predicted molar refractivity (Wildman–Crippen MR) is 199 cm³/mol. The second-order valence-corrected chi connectivity index (χ2v) is 13.3. The van der Waals surface area contributed by atoms with Crippen molar-refractivity contribution in [1.29, 1.82) is 0 Å². The highest BCUT2D eigenvalue weighted by Gasteiger charge is 2.15. The quantitative estimate of drug-likeness (QED) is 0.0811. The molecule has 0 fully saturated rings. The molecule has 0 radical (unpaired) electrons. The van der Waals surface area contributed by atoms with Gasteiger partial charge in [0.2, 0.25) is 0 Å². The molecule has 8 aromatic rings. The van der Waals surface area contributed by atoms with Gasteiger partial charge in [-0.05, 0) is 83.6 Å². The molecule has 2 amide bonds. The van der Waals surface area contributed by atoms with Crippen molar-refractivity contribution in [3.63, 3.8) is 0 Å². The van der Waals surface area contributed by atoms with E-state index in [1.165, 1.54) is 35.6 Å². The summed E-state index contributed by atoms with van der Waals surface area (Å²) in [6, 6.07) is 29.4. The van der Waals surface area contributed by atoms with Crippen LogP contribution < -0.4 is 15.4 Å². The van der Waals surface area contributed by atoms with Crippen LogP contribution in [0.25, 0.3) is 43.5 Å². The molecule has 0 atom stereocenters. The van der Waals surface area contributed by atoms with Crippen LogP contribution in [0, 0.1) is 10.1 Å². The van der Waals surface area contributed by atoms with E-state index in [2.05, 4.69) is 25.6 Å². The number of benzene rings is 4. The lowest BCUT2D eigenvalue weighted by atomic mass is 10.2. The molecule has 0 unspecified atom stereocenters. The normalized spacial score (nSPS) is 11.1. The number of non-ortho nitro benzene ring substituents is 1. The molecule has 4 aromatic heterocycles. The maximum atomic E-state index is 13.1. The van der Waals surface area contributed by atoms with Gasteiger partial charge in [0.15, 0.2) is 0 Å². The van der Waals surface area contributed by atoms with Crippen molar-refractivity contribution in [3.8, 4) is 27.2 Å². The average molecular weight is 712 g/mol. The highest BCUT2D eigenvalue weighted by Crippen LogP contribution is 2.30. The monoisotopic (exact) mass is 711 g/mol. The zero-order valence-electron chi connectivity index (χ0n) is 26.4. The van der Waals surface area contributed by atoms with E-state index in [-0.39, 0.29) is 17.2 Å². The Labute approximate surface area is 297 Å². The first kappa shape index (κ1) is 31.6. The van der Waals surface area contributed by atoms with Gasteiger partial charge in [0.05, 0.1) is 36.7 Å². The van der Waals surface area contributed by atoms with Crippen LogP contribution in [0.5, 0.6) is 5.75 Å². The van der Waals surface area contributed by atoms with Crippen LogP contribution in [0.4, 0.5) is 17.1 Å². The standard InChI is InChI=1S/C37H25N7O5S2/c45-36(22-4-1-6-26(15-22)44(47)48)38-24-10-12-29-31(18-24)43-35(41-29)33-14-21(20-51-33)19-49-27-7-2-5-23(16-27)37(46)39-25-9-11-28-30(17-25)42-34(40-28)32-8-3-13-50-32/h1-18,20H,19H2,(H,38,45)(H,39,46)(H,40,42)(H,41,43). The van der Waals surface area contributed by atoms with Crippen molar-refractivity contribution in [2.75, 3.05) is 10.6 Å². The van der Waals surface area contributed by atoms with E-state index in [1.807, 2.05) is 53.2 Å². The Morgan fingerprint density at radius 1 is 0.725 bits per heavy atom. The summed E-state index contributed by atoms with van der Waals surface area (Å²) in [5, 5.41) is 20.8. The number of H-pyrrole nitrogens is 2. The maximum Gasteiger partial charge on any atom is 0.270 e. The number of carbonyl (C=O) groups excluding carboxylic acids is 2. The van der Waals surface area contributed by atoms with Crippen LogP contribution in [0.2, 0.25) is 0 Å². The number of imidazole rings is 2. The lowest BCUT2D eigenvalue weighted by Gasteiger charge is -2.08. The lowest BCUT2D eigenvalue weighted by molar-refractivity contribution is -0.384. The van der Waals surface area contributed by atoms with Crippen molar-refractivity contribution >= 4 is 73.6 Å². The third-order valence-corrected chi connectivity index (χ3v) is 9.80. The summed E-state index contributed by atoms with van der Waals surface area (Å²) in [7, 11) is 0. The van der Waals surface area contributed by atoms with Crippen LogP contribution >= 0.6 is 22.7 Å². The molecule has 4 heterocycles. The number of fused-ring (bicyclic) bond motifs is 2. The predicted octanol–water partition coefficient (Wildman–Crippen LogP) is 8.89. The fourth-order valence-electron chi connectivity index (χ4n) is 5.46. The number of hydrogen-bond donors (Lipinski definition) is 4. The summed E-state index contributed by atoms with van der Waals surface area (Å²) in [6.45, 7) is 0.290. The number of thiophene rings is 2. The van der Waals surface area contributed by atoms with Gasteiger partial charge in [-0.25, -0.2) is 9.97 Å². The number of nitrogens with zero attached hydrogens (tertiary/aromatic N) is 3. The molecular weight excluding hydrogens is 687 g/mol. The molecule has 14 heteroatoms. The summed E-state index contributed by atoms with van der Waals surface area (Å²) in [5.41, 5.74) is 5.69. The van der Waals surface area contributed by atoms with Crippen LogP contribution in [0.15, 0.2) is 114 Å². The van der Waals surface area contributed by atoms with Crippen LogP contribution in [-0.4, -0.2) is 36.7 Å². The lowest BCUT2D eigenvalue weighted by Crippen LogP contribution is -2.12. The van der Waals surface area contributed by atoms with Crippen LogP contribution in [-0.2, 0) is 6.61 Å². The largest absolute Gasteiger partial charge is 0.489 e. The van der Waals surface area contributed by atoms with Crippen LogP contribution in [0.1, 0.15) is 26.3 Å². The molecule has 51 heavy (non-hydrogen) atoms. The Morgan fingerprint density at radius 2 is 1.37 bits per heavy atom. The third-order valence-electron chi connectivity index (χ3n) is 7.94. The zero-order chi connectivity index (χ0) is 34.9. The Kier molecular flexibility index (Phi) is 8.27. The maximum absolute atomic E-state index is 13.1. The van der Waals surface area contributed by atoms with Crippen LogP contribution in [0.3, 0.4) is 0 Å². The number of nitro groups is 1. The number of nitrogens with one attached hydrogen (secondary N) is 4. The minimum Gasteiger partial charge on any atom is -0.489 e. The van der Waals surface area contributed by atoms with Gasteiger partial charge in [-0.15, -0.1) is 22.7 Å². The number of carbonyl (C=O) groups is 2. The molecule has 0 saturated heterocycles. The first-order valence-electron chi connectivity index (χ1n) is 15.6. The van der Waals surface area contributed by atoms with Gasteiger partial charge in [-0.1, -0.05) is 18.2 Å². The number of hydrogen-bond acceptors (Lipinski definition) is 9. The first-order valence-corrected chi connectivity index (χ1v) is 17.3. The average Bonchev–Trinajstić information content (AvgIpc) is 3.97. The Morgan fingerprint density at radius 3 is 2.02 bits per heavy atom. The fraction of sp³-hybridized carbons (Fsp3) is 0.0270. The highest BCUT2D eigenvalue weighted by atomic mass is 32.1. The smallest absolute Gasteiger partial charge is 0.270 e. The van der Waals surface area contributed by atoms with E-state index < -0.39 is 10.8 Å². The number of amides is 2. The molecule has 0 spiro atoms. The van der Waals surface area contributed by atoms with Gasteiger partial charge in [0, 0.05) is 40.2 Å². The summed E-state index contributed by atoms with van der Waals surface area (Å²) < 4.78 is 6.05. The topological polar surface area (TPSA) is 168 Å². The van der Waals surface area contributed by atoms with Gasteiger partial charge in [0.25, 0.3) is 17.5 Å². The van der Waals surface area contributed by atoms with Crippen molar-refractivity contribution in [1.82, 2.24) is 19.9 Å². The number of anilines is 2. The fourth-order valence-corrected chi connectivity index (χ4v) is 6.97. The molecule has 0 bridgehead atoms. The Bertz CT molecular complexity index is 2590. The van der Waals surface area contributed by atoms with Gasteiger partial charge in [0.1, 0.15) is 24.0 Å². The van der Waals surface area contributed by atoms with Crippen molar-refractivity contribution in [2.24, 2.45) is 0 Å². The SMILES string of the molecule is O=C(Nc1ccc2nc(-c3cccs3)[nH]c2c1)c1cccc(OCc2csc(-c3nc4ccc(NC(=O)c5cccc([N+](=O)[O-])c5)cc4[nH]3)c2)c1. The van der Waals surface area contributed by atoms with Crippen molar-refractivity contribution in [2.45, 2.75) is 6.61 Å². The molecule has 0 saturated carbocycles. The molecule has 0 aliphatic heterocycles. The van der Waals surface area contributed by atoms with E-state index in [1.54, 1.807) is 47.7 Å². The summed E-state index contributed by atoms with van der Waals surface area (Å²) >= 11 is 3.12. The molecule has 4 N–H and O–H groups in total. The van der Waals surface area contributed by atoms with Crippen molar-refractivity contribution in [3.05, 3.63) is 141 Å². The molecular formula is C37H25N7O5S2. The third kappa shape index (κ3) is 6.81. The molecule has 250 valence electrons. The van der Waals surface area contributed by atoms with E-state index in [0.29, 0.717) is 40.6 Å². The summed E-state index contributed by atoms with van der Waals surface area (Å²) in [5.74, 6) is 1.31. The minimum absolute atomic E-state index is 0.155. The van der Waals surface area contributed by atoms with Gasteiger partial charge < -0.3 is 25.3 Å². The molecule has 0 aliphatic carbocycles.